The lowest BCUT2D eigenvalue weighted by Crippen LogP contribution is -1.98. The Balaban J connectivity index is 1.82. The van der Waals surface area contributed by atoms with E-state index in [2.05, 4.69) is 9.97 Å². The molecule has 22 heavy (non-hydrogen) atoms. The second kappa shape index (κ2) is 5.77. The van der Waals surface area contributed by atoms with Crippen molar-refractivity contribution < 1.29 is 14.9 Å². The van der Waals surface area contributed by atoms with E-state index in [1.165, 1.54) is 4.57 Å². The van der Waals surface area contributed by atoms with Gasteiger partial charge in [0, 0.05) is 25.5 Å². The van der Waals surface area contributed by atoms with Crippen molar-refractivity contribution in [2.75, 3.05) is 0 Å². The monoisotopic (exact) mass is 297 g/mol. The van der Waals surface area contributed by atoms with E-state index in [-0.39, 0.29) is 11.6 Å². The van der Waals surface area contributed by atoms with Crippen LogP contribution in [0, 0.1) is 0 Å². The fourth-order valence-electron chi connectivity index (χ4n) is 2.05. The van der Waals surface area contributed by atoms with Gasteiger partial charge in [0.25, 0.3) is 0 Å². The maximum absolute atomic E-state index is 9.88. The molecule has 1 aromatic carbocycles. The van der Waals surface area contributed by atoms with Crippen LogP contribution < -0.4 is 4.74 Å². The number of hydrogen-bond donors (Lipinski definition) is 2. The Bertz CT molecular complexity index is 785. The predicted octanol–water partition coefficient (Wildman–Crippen LogP) is 2.47. The van der Waals surface area contributed by atoms with Crippen molar-refractivity contribution >= 4 is 0 Å². The van der Waals surface area contributed by atoms with Gasteiger partial charge in [-0.1, -0.05) is 30.3 Å². The lowest BCUT2D eigenvalue weighted by molar-refractivity contribution is 0.293. The van der Waals surface area contributed by atoms with Crippen molar-refractivity contribution in [2.24, 2.45) is 7.05 Å². The Kier molecular flexibility index (Phi) is 3.65. The normalized spacial score (nSPS) is 10.6. The molecule has 3 aromatic rings. The number of benzene rings is 1. The van der Waals surface area contributed by atoms with E-state index < -0.39 is 0 Å². The first-order valence-corrected chi connectivity index (χ1v) is 6.72. The van der Waals surface area contributed by atoms with Crippen LogP contribution in [0.4, 0.5) is 0 Å². The molecule has 2 N–H and O–H groups in total. The van der Waals surface area contributed by atoms with E-state index in [4.69, 9.17) is 4.74 Å². The molecular formula is C16H15N3O3. The quantitative estimate of drug-likeness (QED) is 0.773. The van der Waals surface area contributed by atoms with E-state index in [0.29, 0.717) is 23.9 Å². The molecule has 6 heteroatoms. The zero-order valence-corrected chi connectivity index (χ0v) is 12.0. The van der Waals surface area contributed by atoms with Gasteiger partial charge in [0.1, 0.15) is 6.61 Å². The molecule has 0 spiro atoms. The van der Waals surface area contributed by atoms with Gasteiger partial charge in [-0.2, -0.15) is 4.98 Å². The average molecular weight is 297 g/mol. The van der Waals surface area contributed by atoms with E-state index >= 15 is 0 Å². The Morgan fingerprint density at radius 1 is 1.14 bits per heavy atom. The standard InChI is InChI=1S/C16H15N3O3/c1-19-9-12(14(20)16(19)21)15-17-8-7-13(18-15)22-10-11-5-3-2-4-6-11/h2-9,20-21H,10H2,1H3. The Morgan fingerprint density at radius 2 is 1.91 bits per heavy atom. The molecule has 6 nitrogen and oxygen atoms in total. The third kappa shape index (κ3) is 2.71. The summed E-state index contributed by atoms with van der Waals surface area (Å²) in [6, 6.07) is 11.4. The predicted molar refractivity (Wildman–Crippen MR) is 80.5 cm³/mol. The first-order chi connectivity index (χ1) is 10.6. The molecule has 0 radical (unpaired) electrons. The molecule has 0 saturated heterocycles. The Labute approximate surface area is 127 Å². The summed E-state index contributed by atoms with van der Waals surface area (Å²) in [5.41, 5.74) is 1.38. The molecule has 2 aromatic heterocycles. The summed E-state index contributed by atoms with van der Waals surface area (Å²) in [5.74, 6) is 0.215. The lowest BCUT2D eigenvalue weighted by Gasteiger charge is -2.06. The van der Waals surface area contributed by atoms with Crippen LogP contribution in [0.2, 0.25) is 0 Å². The summed E-state index contributed by atoms with van der Waals surface area (Å²) in [6.07, 6.45) is 3.10. The van der Waals surface area contributed by atoms with E-state index in [1.807, 2.05) is 30.3 Å². The summed E-state index contributed by atoms with van der Waals surface area (Å²) in [4.78, 5) is 8.36. The van der Waals surface area contributed by atoms with E-state index in [0.717, 1.165) is 5.56 Å². The van der Waals surface area contributed by atoms with Crippen LogP contribution in [0.5, 0.6) is 17.5 Å². The smallest absolute Gasteiger partial charge is 0.235 e. The number of aryl methyl sites for hydroxylation is 1. The summed E-state index contributed by atoms with van der Waals surface area (Å²) in [6.45, 7) is 0.392. The fourth-order valence-corrected chi connectivity index (χ4v) is 2.05. The van der Waals surface area contributed by atoms with Crippen molar-refractivity contribution in [1.29, 1.82) is 0 Å². The highest BCUT2D eigenvalue weighted by Gasteiger charge is 2.16. The van der Waals surface area contributed by atoms with Gasteiger partial charge in [-0.25, -0.2) is 4.98 Å². The summed E-state index contributed by atoms with van der Waals surface area (Å²) in [7, 11) is 1.62. The zero-order chi connectivity index (χ0) is 15.5. The van der Waals surface area contributed by atoms with Crippen LogP contribution in [0.15, 0.2) is 48.8 Å². The summed E-state index contributed by atoms with van der Waals surface area (Å²) < 4.78 is 7.02. The SMILES string of the molecule is Cn1cc(-c2nccc(OCc3ccccc3)n2)c(O)c1O. The van der Waals surface area contributed by atoms with Crippen molar-refractivity contribution in [3.63, 3.8) is 0 Å². The Hall–Kier alpha value is -3.02. The molecule has 0 bridgehead atoms. The summed E-state index contributed by atoms with van der Waals surface area (Å²) >= 11 is 0. The number of nitrogens with zero attached hydrogens (tertiary/aromatic N) is 3. The van der Waals surface area contributed by atoms with Crippen LogP contribution in [-0.4, -0.2) is 24.7 Å². The maximum Gasteiger partial charge on any atom is 0.235 e. The zero-order valence-electron chi connectivity index (χ0n) is 12.0. The third-order valence-corrected chi connectivity index (χ3v) is 3.22. The maximum atomic E-state index is 9.88. The third-order valence-electron chi connectivity index (χ3n) is 3.22. The number of rotatable bonds is 4. The number of aromatic hydroxyl groups is 2. The molecular weight excluding hydrogens is 282 g/mol. The first kappa shape index (κ1) is 13.9. The lowest BCUT2D eigenvalue weighted by atomic mass is 10.2. The van der Waals surface area contributed by atoms with E-state index in [1.54, 1.807) is 25.5 Å². The minimum atomic E-state index is -0.247. The Morgan fingerprint density at radius 3 is 2.59 bits per heavy atom. The highest BCUT2D eigenvalue weighted by Crippen LogP contribution is 2.36. The van der Waals surface area contributed by atoms with Gasteiger partial charge in [-0.3, -0.25) is 0 Å². The van der Waals surface area contributed by atoms with Gasteiger partial charge in [0.05, 0.1) is 5.56 Å². The van der Waals surface area contributed by atoms with Crippen LogP contribution in [0.25, 0.3) is 11.4 Å². The summed E-state index contributed by atoms with van der Waals surface area (Å²) in [5, 5.41) is 19.5. The van der Waals surface area contributed by atoms with Crippen molar-refractivity contribution in [3.05, 3.63) is 54.4 Å². The highest BCUT2D eigenvalue weighted by atomic mass is 16.5. The molecule has 0 aliphatic rings. The highest BCUT2D eigenvalue weighted by molar-refractivity contribution is 5.67. The van der Waals surface area contributed by atoms with Gasteiger partial charge in [-0.15, -0.1) is 0 Å². The van der Waals surface area contributed by atoms with Crippen LogP contribution in [0.3, 0.4) is 0 Å². The molecule has 0 atom stereocenters. The molecule has 2 heterocycles. The van der Waals surface area contributed by atoms with Gasteiger partial charge < -0.3 is 19.5 Å². The van der Waals surface area contributed by atoms with Crippen LogP contribution >= 0.6 is 0 Å². The second-order valence-corrected chi connectivity index (χ2v) is 4.82. The van der Waals surface area contributed by atoms with Crippen molar-refractivity contribution in [2.45, 2.75) is 6.61 Å². The topological polar surface area (TPSA) is 80.4 Å². The molecule has 0 amide bonds. The number of hydrogen-bond acceptors (Lipinski definition) is 5. The molecule has 0 aliphatic carbocycles. The van der Waals surface area contributed by atoms with Gasteiger partial charge >= 0.3 is 0 Å². The minimum absolute atomic E-state index is 0.228. The van der Waals surface area contributed by atoms with Gasteiger partial charge in [0.15, 0.2) is 11.6 Å². The average Bonchev–Trinajstić information content (AvgIpc) is 2.82. The molecule has 0 saturated carbocycles. The van der Waals surface area contributed by atoms with Crippen LogP contribution in [-0.2, 0) is 13.7 Å². The van der Waals surface area contributed by atoms with Crippen LogP contribution in [0.1, 0.15) is 5.56 Å². The number of ether oxygens (including phenoxy) is 1. The molecule has 112 valence electrons. The minimum Gasteiger partial charge on any atom is -0.503 e. The number of aromatic nitrogens is 3. The largest absolute Gasteiger partial charge is 0.503 e. The fraction of sp³-hybridized carbons (Fsp3) is 0.125. The van der Waals surface area contributed by atoms with Gasteiger partial charge in [-0.05, 0) is 5.56 Å². The second-order valence-electron chi connectivity index (χ2n) is 4.82. The molecule has 0 fully saturated rings. The van der Waals surface area contributed by atoms with Crippen molar-refractivity contribution in [3.8, 4) is 28.9 Å². The van der Waals surface area contributed by atoms with Gasteiger partial charge in [0.2, 0.25) is 11.8 Å². The molecule has 3 rings (SSSR count). The molecule has 0 aliphatic heterocycles. The molecule has 0 unspecified atom stereocenters. The van der Waals surface area contributed by atoms with Crippen molar-refractivity contribution in [1.82, 2.24) is 14.5 Å². The first-order valence-electron chi connectivity index (χ1n) is 6.72. The van der Waals surface area contributed by atoms with E-state index in [9.17, 15) is 10.2 Å².